The Morgan fingerprint density at radius 2 is 2.35 bits per heavy atom. The molecule has 2 heterocycles. The van der Waals surface area contributed by atoms with Crippen molar-refractivity contribution in [3.8, 4) is 0 Å². The minimum absolute atomic E-state index is 0.394. The maximum Gasteiger partial charge on any atom is 0.122 e. The molecular weight excluding hydrogens is 252 g/mol. The molecule has 1 unspecified atom stereocenters. The van der Waals surface area contributed by atoms with Gasteiger partial charge in [0.2, 0.25) is 0 Å². The minimum Gasteiger partial charge on any atom is -0.468 e. The van der Waals surface area contributed by atoms with E-state index in [0.717, 1.165) is 51.5 Å². The first kappa shape index (κ1) is 15.5. The van der Waals surface area contributed by atoms with E-state index in [9.17, 15) is 0 Å². The summed E-state index contributed by atoms with van der Waals surface area (Å²) in [4.78, 5) is 2.45. The highest BCUT2D eigenvalue weighted by atomic mass is 16.5. The highest BCUT2D eigenvalue weighted by molar-refractivity contribution is 5.16. The fourth-order valence-corrected chi connectivity index (χ4v) is 2.79. The van der Waals surface area contributed by atoms with Gasteiger partial charge in [0.05, 0.1) is 18.9 Å². The second-order valence-corrected chi connectivity index (χ2v) is 5.50. The predicted molar refractivity (Wildman–Crippen MR) is 80.6 cm³/mol. The van der Waals surface area contributed by atoms with Crippen LogP contribution in [0.2, 0.25) is 0 Å². The molecule has 0 aliphatic carbocycles. The van der Waals surface area contributed by atoms with Crippen LogP contribution in [0.5, 0.6) is 0 Å². The van der Waals surface area contributed by atoms with Crippen molar-refractivity contribution in [2.24, 2.45) is 0 Å². The van der Waals surface area contributed by atoms with Crippen molar-refractivity contribution in [3.63, 3.8) is 0 Å². The van der Waals surface area contributed by atoms with Gasteiger partial charge in [-0.2, -0.15) is 0 Å². The second kappa shape index (κ2) is 8.45. The van der Waals surface area contributed by atoms with E-state index in [0.29, 0.717) is 6.10 Å². The summed E-state index contributed by atoms with van der Waals surface area (Å²) in [6.07, 6.45) is 5.77. The zero-order valence-electron chi connectivity index (χ0n) is 12.9. The third-order valence-electron chi connectivity index (χ3n) is 3.81. The summed E-state index contributed by atoms with van der Waals surface area (Å²) < 4.78 is 11.4. The smallest absolute Gasteiger partial charge is 0.122 e. The van der Waals surface area contributed by atoms with Gasteiger partial charge in [0.25, 0.3) is 0 Å². The Kier molecular flexibility index (Phi) is 6.57. The fraction of sp³-hybridized carbons (Fsp3) is 0.750. The van der Waals surface area contributed by atoms with E-state index in [1.807, 2.05) is 6.26 Å². The molecule has 0 radical (unpaired) electrons. The maximum absolute atomic E-state index is 5.76. The van der Waals surface area contributed by atoms with Crippen molar-refractivity contribution in [3.05, 3.63) is 23.7 Å². The fourth-order valence-electron chi connectivity index (χ4n) is 2.79. The number of hydrogen-bond acceptors (Lipinski definition) is 4. The van der Waals surface area contributed by atoms with Crippen molar-refractivity contribution in [2.75, 3.05) is 26.2 Å². The van der Waals surface area contributed by atoms with Gasteiger partial charge in [-0.15, -0.1) is 0 Å². The van der Waals surface area contributed by atoms with Crippen molar-refractivity contribution in [2.45, 2.75) is 52.3 Å². The van der Waals surface area contributed by atoms with Crippen LogP contribution in [0, 0.1) is 0 Å². The second-order valence-electron chi connectivity index (χ2n) is 5.50. The lowest BCUT2D eigenvalue weighted by atomic mass is 10.1. The lowest BCUT2D eigenvalue weighted by Crippen LogP contribution is -2.39. The van der Waals surface area contributed by atoms with Crippen molar-refractivity contribution < 1.29 is 9.15 Å². The molecule has 1 aromatic rings. The Hall–Kier alpha value is -0.840. The first-order chi connectivity index (χ1) is 9.83. The van der Waals surface area contributed by atoms with Gasteiger partial charge in [-0.05, 0) is 45.3 Å². The molecule has 114 valence electrons. The predicted octanol–water partition coefficient (Wildman–Crippen LogP) is 2.78. The average Bonchev–Trinajstić information content (AvgIpc) is 2.87. The third kappa shape index (κ3) is 4.62. The van der Waals surface area contributed by atoms with Gasteiger partial charge in [-0.3, -0.25) is 4.90 Å². The van der Waals surface area contributed by atoms with E-state index >= 15 is 0 Å². The van der Waals surface area contributed by atoms with Crippen LogP contribution in [0.25, 0.3) is 0 Å². The summed E-state index contributed by atoms with van der Waals surface area (Å²) >= 11 is 0. The number of rotatable bonds is 8. The number of ether oxygens (including phenoxy) is 1. The molecule has 0 aromatic carbocycles. The summed E-state index contributed by atoms with van der Waals surface area (Å²) in [5.74, 6) is 1.10. The first-order valence-electron chi connectivity index (χ1n) is 7.93. The van der Waals surface area contributed by atoms with Crippen LogP contribution in [0.15, 0.2) is 16.7 Å². The first-order valence-corrected chi connectivity index (χ1v) is 7.93. The Labute approximate surface area is 122 Å². The zero-order chi connectivity index (χ0) is 14.2. The molecule has 4 nitrogen and oxygen atoms in total. The van der Waals surface area contributed by atoms with Crippen LogP contribution in [0.3, 0.4) is 0 Å². The number of nitrogens with one attached hydrogen (secondary N) is 1. The molecule has 1 saturated heterocycles. The van der Waals surface area contributed by atoms with Crippen LogP contribution >= 0.6 is 0 Å². The summed E-state index contributed by atoms with van der Waals surface area (Å²) in [5, 5.41) is 3.44. The topological polar surface area (TPSA) is 37.6 Å². The molecule has 0 amide bonds. The number of likely N-dealkylation sites (tertiary alicyclic amines) is 1. The largest absolute Gasteiger partial charge is 0.468 e. The van der Waals surface area contributed by atoms with E-state index in [1.54, 1.807) is 0 Å². The summed E-state index contributed by atoms with van der Waals surface area (Å²) in [5.41, 5.74) is 1.29. The number of nitrogens with zero attached hydrogens (tertiary/aromatic N) is 1. The molecule has 1 N–H and O–H groups in total. The molecule has 4 heteroatoms. The van der Waals surface area contributed by atoms with Gasteiger partial charge in [-0.1, -0.05) is 6.92 Å². The summed E-state index contributed by atoms with van der Waals surface area (Å²) in [7, 11) is 0. The Morgan fingerprint density at radius 3 is 3.15 bits per heavy atom. The molecule has 0 saturated carbocycles. The summed E-state index contributed by atoms with van der Waals surface area (Å²) in [6.45, 7) is 10.1. The molecule has 1 aliphatic rings. The molecule has 0 bridgehead atoms. The van der Waals surface area contributed by atoms with Crippen molar-refractivity contribution >= 4 is 0 Å². The molecule has 20 heavy (non-hydrogen) atoms. The average molecular weight is 280 g/mol. The Bertz CT molecular complexity index is 376. The van der Waals surface area contributed by atoms with E-state index in [2.05, 4.69) is 30.1 Å². The Morgan fingerprint density at radius 1 is 1.45 bits per heavy atom. The third-order valence-corrected chi connectivity index (χ3v) is 3.81. The molecule has 1 atom stereocenters. The van der Waals surface area contributed by atoms with Crippen LogP contribution in [-0.4, -0.2) is 37.2 Å². The monoisotopic (exact) mass is 280 g/mol. The number of furan rings is 1. The molecule has 1 fully saturated rings. The van der Waals surface area contributed by atoms with Crippen molar-refractivity contribution in [1.29, 1.82) is 0 Å². The van der Waals surface area contributed by atoms with Crippen LogP contribution in [0.4, 0.5) is 0 Å². The molecule has 1 aliphatic heterocycles. The molecule has 1 aromatic heterocycles. The number of piperidine rings is 1. The van der Waals surface area contributed by atoms with Gasteiger partial charge in [-0.25, -0.2) is 0 Å². The van der Waals surface area contributed by atoms with E-state index < -0.39 is 0 Å². The minimum atomic E-state index is 0.394. The van der Waals surface area contributed by atoms with Gasteiger partial charge in [0, 0.05) is 25.3 Å². The van der Waals surface area contributed by atoms with Crippen LogP contribution in [0.1, 0.15) is 44.4 Å². The van der Waals surface area contributed by atoms with E-state index in [-0.39, 0.29) is 0 Å². The standard InChI is InChI=1S/C16H28N2O2/c1-3-8-17-11-14-7-10-20-16(14)13-18-9-5-6-15(12-18)19-4-2/h7,10,15,17H,3-6,8-9,11-13H2,1-2H3. The van der Waals surface area contributed by atoms with Gasteiger partial charge in [0.15, 0.2) is 0 Å². The normalized spacial score (nSPS) is 20.4. The lowest BCUT2D eigenvalue weighted by Gasteiger charge is -2.32. The van der Waals surface area contributed by atoms with Gasteiger partial charge in [0.1, 0.15) is 5.76 Å². The van der Waals surface area contributed by atoms with Gasteiger partial charge >= 0.3 is 0 Å². The SMILES string of the molecule is CCCNCc1ccoc1CN1CCCC(OCC)C1. The number of hydrogen-bond donors (Lipinski definition) is 1. The highest BCUT2D eigenvalue weighted by Crippen LogP contribution is 2.18. The molecular formula is C16H28N2O2. The zero-order valence-corrected chi connectivity index (χ0v) is 12.9. The van der Waals surface area contributed by atoms with E-state index in [4.69, 9.17) is 9.15 Å². The lowest BCUT2D eigenvalue weighted by molar-refractivity contribution is 0.00191. The van der Waals surface area contributed by atoms with E-state index in [1.165, 1.54) is 18.4 Å². The van der Waals surface area contributed by atoms with Crippen LogP contribution < -0.4 is 5.32 Å². The summed E-state index contributed by atoms with van der Waals surface area (Å²) in [6, 6.07) is 2.09. The van der Waals surface area contributed by atoms with Crippen LogP contribution in [-0.2, 0) is 17.8 Å². The Balaban J connectivity index is 1.84. The maximum atomic E-state index is 5.76. The highest BCUT2D eigenvalue weighted by Gasteiger charge is 2.21. The quantitative estimate of drug-likeness (QED) is 0.743. The van der Waals surface area contributed by atoms with Gasteiger partial charge < -0.3 is 14.5 Å². The molecule has 2 rings (SSSR count). The molecule has 0 spiro atoms. The van der Waals surface area contributed by atoms with Crippen molar-refractivity contribution in [1.82, 2.24) is 10.2 Å².